The first kappa shape index (κ1) is 23.7. The molecule has 0 bridgehead atoms. The van der Waals surface area contributed by atoms with Crippen LogP contribution in [-0.4, -0.2) is 33.2 Å². The molecule has 4 aromatic rings. The van der Waals surface area contributed by atoms with E-state index in [1.54, 1.807) is 38.1 Å². The molecule has 0 spiro atoms. The zero-order valence-electron chi connectivity index (χ0n) is 19.7. The van der Waals surface area contributed by atoms with Crippen LogP contribution < -0.4 is 0 Å². The van der Waals surface area contributed by atoms with Crippen LogP contribution in [0.3, 0.4) is 0 Å². The standard InChI is InChI=1S/C28H23FN2O4S/c1-16-8-13-21(35-16)23-22(24(32)26-17(2)30-27(36-26)19-6-4-3-5-7-19)25(33)28(34)31(23)15-14-18-9-11-20(29)12-10-18/h3-13,23,33H,14-15H2,1-2H3. The molecule has 3 heterocycles. The SMILES string of the molecule is Cc1ccc(C2C(C(=O)c3sc(-c4ccccc4)nc3C)=C(O)C(=O)N2CCc2ccc(F)cc2)o1. The second-order valence-corrected chi connectivity index (χ2v) is 9.62. The quantitative estimate of drug-likeness (QED) is 0.314. The Hall–Kier alpha value is -4.04. The maximum Gasteiger partial charge on any atom is 0.290 e. The smallest absolute Gasteiger partial charge is 0.290 e. The number of carbonyl (C=O) groups is 2. The second kappa shape index (κ2) is 9.54. The summed E-state index contributed by atoms with van der Waals surface area (Å²) < 4.78 is 19.1. The number of aliphatic hydroxyl groups excluding tert-OH is 1. The molecule has 8 heteroatoms. The minimum Gasteiger partial charge on any atom is -0.503 e. The fourth-order valence-electron chi connectivity index (χ4n) is 4.35. The van der Waals surface area contributed by atoms with E-state index in [2.05, 4.69) is 4.98 Å². The Morgan fingerprint density at radius 3 is 2.47 bits per heavy atom. The highest BCUT2D eigenvalue weighted by atomic mass is 32.1. The molecule has 6 nitrogen and oxygen atoms in total. The predicted molar refractivity (Wildman–Crippen MR) is 134 cm³/mol. The Morgan fingerprint density at radius 2 is 1.81 bits per heavy atom. The first-order chi connectivity index (χ1) is 17.3. The largest absolute Gasteiger partial charge is 0.503 e. The zero-order valence-corrected chi connectivity index (χ0v) is 20.5. The van der Waals surface area contributed by atoms with Crippen LogP contribution in [0, 0.1) is 19.7 Å². The van der Waals surface area contributed by atoms with Crippen LogP contribution in [0.15, 0.2) is 82.5 Å². The Kier molecular flexibility index (Phi) is 6.28. The molecule has 0 aliphatic carbocycles. The van der Waals surface area contributed by atoms with Gasteiger partial charge in [-0.15, -0.1) is 11.3 Å². The molecular formula is C28H23FN2O4S. The van der Waals surface area contributed by atoms with Gasteiger partial charge in [-0.05, 0) is 50.1 Å². The highest BCUT2D eigenvalue weighted by Gasteiger charge is 2.45. The van der Waals surface area contributed by atoms with E-state index in [0.29, 0.717) is 33.5 Å². The summed E-state index contributed by atoms with van der Waals surface area (Å²) in [6.07, 6.45) is 0.411. The Bertz CT molecular complexity index is 1470. The van der Waals surface area contributed by atoms with Crippen LogP contribution in [0.25, 0.3) is 10.6 Å². The van der Waals surface area contributed by atoms with Gasteiger partial charge in [0, 0.05) is 12.1 Å². The van der Waals surface area contributed by atoms with E-state index in [9.17, 15) is 19.1 Å². The lowest BCUT2D eigenvalue weighted by molar-refractivity contribution is -0.129. The van der Waals surface area contributed by atoms with E-state index in [1.807, 2.05) is 30.3 Å². The maximum atomic E-state index is 13.8. The molecule has 1 amide bonds. The van der Waals surface area contributed by atoms with Crippen molar-refractivity contribution in [2.45, 2.75) is 26.3 Å². The van der Waals surface area contributed by atoms with Crippen molar-refractivity contribution in [3.8, 4) is 10.6 Å². The molecule has 1 aliphatic heterocycles. The average Bonchev–Trinajstić information content (AvgIpc) is 3.55. The highest BCUT2D eigenvalue weighted by Crippen LogP contribution is 2.41. The number of Topliss-reactive ketones (excluding diaryl/α,β-unsaturated/α-hetero) is 1. The summed E-state index contributed by atoms with van der Waals surface area (Å²) in [6, 6.07) is 18.1. The van der Waals surface area contributed by atoms with Gasteiger partial charge < -0.3 is 14.4 Å². The number of hydrogen-bond donors (Lipinski definition) is 1. The summed E-state index contributed by atoms with van der Waals surface area (Å²) in [4.78, 5) is 33.3. The molecule has 0 saturated carbocycles. The van der Waals surface area contributed by atoms with E-state index < -0.39 is 23.5 Å². The van der Waals surface area contributed by atoms with Gasteiger partial charge in [0.15, 0.2) is 5.76 Å². The molecule has 1 atom stereocenters. The van der Waals surface area contributed by atoms with Gasteiger partial charge in [0.1, 0.15) is 28.4 Å². The summed E-state index contributed by atoms with van der Waals surface area (Å²) in [6.45, 7) is 3.71. The van der Waals surface area contributed by atoms with Gasteiger partial charge >= 0.3 is 0 Å². The summed E-state index contributed by atoms with van der Waals surface area (Å²) >= 11 is 1.22. The number of aromatic nitrogens is 1. The predicted octanol–water partition coefficient (Wildman–Crippen LogP) is 5.98. The van der Waals surface area contributed by atoms with Crippen molar-refractivity contribution >= 4 is 23.0 Å². The molecule has 1 N–H and O–H groups in total. The number of aliphatic hydroxyl groups is 1. The first-order valence-corrected chi connectivity index (χ1v) is 12.3. The van der Waals surface area contributed by atoms with Gasteiger partial charge in [0.2, 0.25) is 5.78 Å². The van der Waals surface area contributed by atoms with Gasteiger partial charge in [0.05, 0.1) is 16.1 Å². The number of halogens is 1. The number of carbonyl (C=O) groups excluding carboxylic acids is 2. The minimum absolute atomic E-state index is 0.0279. The fraction of sp³-hybridized carbons (Fsp3) is 0.179. The first-order valence-electron chi connectivity index (χ1n) is 11.5. The van der Waals surface area contributed by atoms with E-state index in [-0.39, 0.29) is 17.9 Å². The van der Waals surface area contributed by atoms with Crippen molar-refractivity contribution in [2.75, 3.05) is 6.54 Å². The van der Waals surface area contributed by atoms with Gasteiger partial charge in [-0.2, -0.15) is 0 Å². The summed E-state index contributed by atoms with van der Waals surface area (Å²) in [7, 11) is 0. The van der Waals surface area contributed by atoms with E-state index in [4.69, 9.17) is 4.42 Å². The number of amides is 1. The lowest BCUT2D eigenvalue weighted by Gasteiger charge is -2.25. The number of nitrogens with zero attached hydrogens (tertiary/aromatic N) is 2. The monoisotopic (exact) mass is 502 g/mol. The van der Waals surface area contributed by atoms with Crippen molar-refractivity contribution in [2.24, 2.45) is 0 Å². The summed E-state index contributed by atoms with van der Waals surface area (Å²) in [5, 5.41) is 11.6. The van der Waals surface area contributed by atoms with E-state index in [1.165, 1.54) is 28.4 Å². The topological polar surface area (TPSA) is 83.6 Å². The van der Waals surface area contributed by atoms with Gasteiger partial charge in [-0.1, -0.05) is 42.5 Å². The zero-order chi connectivity index (χ0) is 25.4. The number of benzene rings is 2. The lowest BCUT2D eigenvalue weighted by Crippen LogP contribution is -2.32. The van der Waals surface area contributed by atoms with Crippen LogP contribution in [-0.2, 0) is 11.2 Å². The summed E-state index contributed by atoms with van der Waals surface area (Å²) in [5.74, 6) is -1.03. The number of aryl methyl sites for hydroxylation is 2. The van der Waals surface area contributed by atoms with Crippen LogP contribution in [0.1, 0.15) is 38.5 Å². The van der Waals surface area contributed by atoms with Crippen LogP contribution >= 0.6 is 11.3 Å². The molecular weight excluding hydrogens is 479 g/mol. The number of ketones is 1. The highest BCUT2D eigenvalue weighted by molar-refractivity contribution is 7.17. The molecule has 0 saturated heterocycles. The molecule has 2 aromatic carbocycles. The average molecular weight is 503 g/mol. The van der Waals surface area contributed by atoms with Crippen LogP contribution in [0.2, 0.25) is 0 Å². The van der Waals surface area contributed by atoms with E-state index in [0.717, 1.165) is 11.1 Å². The van der Waals surface area contributed by atoms with Gasteiger partial charge in [0.25, 0.3) is 5.91 Å². The Morgan fingerprint density at radius 1 is 1.08 bits per heavy atom. The Labute approximate surface area is 211 Å². The number of furan rings is 1. The molecule has 1 aliphatic rings. The lowest BCUT2D eigenvalue weighted by atomic mass is 9.99. The third-order valence-electron chi connectivity index (χ3n) is 6.16. The fourth-order valence-corrected chi connectivity index (χ4v) is 5.37. The molecule has 0 fully saturated rings. The third-order valence-corrected chi connectivity index (χ3v) is 7.36. The van der Waals surface area contributed by atoms with Crippen LogP contribution in [0.5, 0.6) is 0 Å². The normalized spacial score (nSPS) is 15.7. The second-order valence-electron chi connectivity index (χ2n) is 8.62. The molecule has 1 unspecified atom stereocenters. The Balaban J connectivity index is 1.50. The van der Waals surface area contributed by atoms with Crippen molar-refractivity contribution < 1.29 is 23.5 Å². The van der Waals surface area contributed by atoms with Crippen molar-refractivity contribution in [3.05, 3.63) is 112 Å². The van der Waals surface area contributed by atoms with Crippen LogP contribution in [0.4, 0.5) is 4.39 Å². The van der Waals surface area contributed by atoms with E-state index >= 15 is 0 Å². The molecule has 5 rings (SSSR count). The summed E-state index contributed by atoms with van der Waals surface area (Å²) in [5.41, 5.74) is 2.20. The number of rotatable bonds is 7. The van der Waals surface area contributed by atoms with Crippen molar-refractivity contribution in [1.82, 2.24) is 9.88 Å². The minimum atomic E-state index is -0.888. The molecule has 36 heavy (non-hydrogen) atoms. The number of hydrogen-bond acceptors (Lipinski definition) is 6. The molecule has 0 radical (unpaired) electrons. The maximum absolute atomic E-state index is 13.8. The van der Waals surface area contributed by atoms with Crippen molar-refractivity contribution in [1.29, 1.82) is 0 Å². The van der Waals surface area contributed by atoms with Gasteiger partial charge in [-0.3, -0.25) is 9.59 Å². The van der Waals surface area contributed by atoms with Crippen molar-refractivity contribution in [3.63, 3.8) is 0 Å². The molecule has 182 valence electrons. The molecule has 2 aromatic heterocycles. The number of thiazole rings is 1. The van der Waals surface area contributed by atoms with Gasteiger partial charge in [-0.25, -0.2) is 9.37 Å². The third kappa shape index (κ3) is 4.35.